The average Bonchev–Trinajstić information content (AvgIpc) is 2.08. The second-order valence-electron chi connectivity index (χ2n) is 3.02. The molecule has 4 heteroatoms. The van der Waals surface area contributed by atoms with Gasteiger partial charge >= 0.3 is 6.09 Å². The number of hydrogen-bond donors (Lipinski definition) is 0. The van der Waals surface area contributed by atoms with Crippen molar-refractivity contribution in [2.75, 3.05) is 13.7 Å². The fourth-order valence-electron chi connectivity index (χ4n) is 1.31. The molecule has 0 saturated carbocycles. The number of Topliss-reactive ketones (excluding diaryl/α,β-unsaturated/α-hetero) is 1. The Bertz CT molecular complexity index is 202. The molecule has 1 amide bonds. The number of carbonyl (C=O) groups is 2. The minimum absolute atomic E-state index is 0.110. The molecular formula is C8H13NO3. The van der Waals surface area contributed by atoms with E-state index < -0.39 is 6.09 Å². The van der Waals surface area contributed by atoms with Gasteiger partial charge in [-0.3, -0.25) is 9.69 Å². The molecule has 1 rings (SSSR count). The average molecular weight is 171 g/mol. The molecule has 4 nitrogen and oxygen atoms in total. The minimum Gasteiger partial charge on any atom is -0.453 e. The predicted molar refractivity (Wildman–Crippen MR) is 42.8 cm³/mol. The van der Waals surface area contributed by atoms with Crippen LogP contribution in [0.15, 0.2) is 0 Å². The molecule has 0 spiro atoms. The van der Waals surface area contributed by atoms with Gasteiger partial charge in [0.1, 0.15) is 0 Å². The lowest BCUT2D eigenvalue weighted by Crippen LogP contribution is -2.45. The topological polar surface area (TPSA) is 46.6 Å². The van der Waals surface area contributed by atoms with Crippen LogP contribution in [0, 0.1) is 0 Å². The van der Waals surface area contributed by atoms with E-state index in [9.17, 15) is 9.59 Å². The lowest BCUT2D eigenvalue weighted by atomic mass is 10.0. The van der Waals surface area contributed by atoms with E-state index >= 15 is 0 Å². The number of likely N-dealkylation sites (tertiary alicyclic amines) is 1. The fourth-order valence-corrected chi connectivity index (χ4v) is 1.31. The SMILES string of the molecule is COC(=O)N1CC(=O)CCC1C. The maximum absolute atomic E-state index is 11.1. The number of nitrogens with zero attached hydrogens (tertiary/aromatic N) is 1. The molecule has 1 heterocycles. The summed E-state index contributed by atoms with van der Waals surface area (Å²) >= 11 is 0. The first kappa shape index (κ1) is 9.03. The van der Waals surface area contributed by atoms with Crippen molar-refractivity contribution >= 4 is 11.9 Å². The number of ether oxygens (including phenoxy) is 1. The van der Waals surface area contributed by atoms with Gasteiger partial charge in [-0.05, 0) is 13.3 Å². The summed E-state index contributed by atoms with van der Waals surface area (Å²) in [6.45, 7) is 2.12. The Morgan fingerprint density at radius 1 is 1.67 bits per heavy atom. The Kier molecular flexibility index (Phi) is 2.68. The standard InChI is InChI=1S/C8H13NO3/c1-6-3-4-7(10)5-9(6)8(11)12-2/h6H,3-5H2,1-2H3. The number of hydrogen-bond acceptors (Lipinski definition) is 3. The van der Waals surface area contributed by atoms with Gasteiger partial charge < -0.3 is 4.74 Å². The maximum atomic E-state index is 11.1. The predicted octanol–water partition coefficient (Wildman–Crippen LogP) is 0.806. The highest BCUT2D eigenvalue weighted by molar-refractivity contribution is 5.85. The Labute approximate surface area is 71.5 Å². The number of amides is 1. The van der Waals surface area contributed by atoms with Crippen LogP contribution < -0.4 is 0 Å². The zero-order chi connectivity index (χ0) is 9.14. The van der Waals surface area contributed by atoms with Crippen LogP contribution in [0.25, 0.3) is 0 Å². The van der Waals surface area contributed by atoms with Crippen LogP contribution in [0.1, 0.15) is 19.8 Å². The van der Waals surface area contributed by atoms with Crippen LogP contribution >= 0.6 is 0 Å². The highest BCUT2D eigenvalue weighted by atomic mass is 16.5. The normalized spacial score (nSPS) is 24.0. The number of methoxy groups -OCH3 is 1. The van der Waals surface area contributed by atoms with Gasteiger partial charge in [0.25, 0.3) is 0 Å². The molecule has 1 aliphatic rings. The Balaban J connectivity index is 2.60. The largest absolute Gasteiger partial charge is 0.453 e. The summed E-state index contributed by atoms with van der Waals surface area (Å²) in [6.07, 6.45) is 0.915. The summed E-state index contributed by atoms with van der Waals surface area (Å²) in [5.41, 5.74) is 0. The zero-order valence-electron chi connectivity index (χ0n) is 7.37. The third-order valence-electron chi connectivity index (χ3n) is 2.13. The van der Waals surface area contributed by atoms with Gasteiger partial charge in [-0.2, -0.15) is 0 Å². The zero-order valence-corrected chi connectivity index (χ0v) is 7.37. The molecule has 68 valence electrons. The summed E-state index contributed by atoms with van der Waals surface area (Å²) in [5.74, 6) is 0.110. The van der Waals surface area contributed by atoms with Crippen molar-refractivity contribution in [1.82, 2.24) is 4.90 Å². The first-order valence-electron chi connectivity index (χ1n) is 4.01. The van der Waals surface area contributed by atoms with E-state index in [4.69, 9.17) is 0 Å². The van der Waals surface area contributed by atoms with Gasteiger partial charge in [0.05, 0.1) is 13.7 Å². The summed E-state index contributed by atoms with van der Waals surface area (Å²) in [5, 5.41) is 0. The summed E-state index contributed by atoms with van der Waals surface area (Å²) in [6, 6.07) is 0.121. The van der Waals surface area contributed by atoms with Gasteiger partial charge in [0.15, 0.2) is 5.78 Å². The van der Waals surface area contributed by atoms with Crippen molar-refractivity contribution in [2.24, 2.45) is 0 Å². The lowest BCUT2D eigenvalue weighted by Gasteiger charge is -2.30. The molecule has 0 N–H and O–H groups in total. The molecule has 0 radical (unpaired) electrons. The van der Waals surface area contributed by atoms with Gasteiger partial charge in [0, 0.05) is 12.5 Å². The molecule has 1 fully saturated rings. The van der Waals surface area contributed by atoms with Crippen molar-refractivity contribution in [3.63, 3.8) is 0 Å². The lowest BCUT2D eigenvalue weighted by molar-refractivity contribution is -0.122. The number of piperidine rings is 1. The van der Waals surface area contributed by atoms with E-state index in [1.165, 1.54) is 12.0 Å². The Hall–Kier alpha value is -1.06. The Morgan fingerprint density at radius 2 is 2.33 bits per heavy atom. The fraction of sp³-hybridized carbons (Fsp3) is 0.750. The molecule has 0 aromatic carbocycles. The Morgan fingerprint density at radius 3 is 2.92 bits per heavy atom. The first-order valence-corrected chi connectivity index (χ1v) is 4.01. The van der Waals surface area contributed by atoms with Gasteiger partial charge in [-0.25, -0.2) is 4.79 Å². The van der Waals surface area contributed by atoms with Crippen molar-refractivity contribution in [2.45, 2.75) is 25.8 Å². The van der Waals surface area contributed by atoms with Crippen LogP contribution in [-0.4, -0.2) is 36.5 Å². The highest BCUT2D eigenvalue weighted by Crippen LogP contribution is 2.14. The summed E-state index contributed by atoms with van der Waals surface area (Å²) < 4.78 is 4.54. The highest BCUT2D eigenvalue weighted by Gasteiger charge is 2.27. The molecule has 0 aromatic heterocycles. The monoisotopic (exact) mass is 171 g/mol. The smallest absolute Gasteiger partial charge is 0.410 e. The third-order valence-corrected chi connectivity index (χ3v) is 2.13. The van der Waals surface area contributed by atoms with Crippen LogP contribution in [0.2, 0.25) is 0 Å². The number of carbonyl (C=O) groups excluding carboxylic acids is 2. The van der Waals surface area contributed by atoms with E-state index in [1.54, 1.807) is 0 Å². The third kappa shape index (κ3) is 1.75. The van der Waals surface area contributed by atoms with E-state index in [0.717, 1.165) is 6.42 Å². The first-order chi connectivity index (χ1) is 5.65. The number of rotatable bonds is 0. The molecule has 1 saturated heterocycles. The van der Waals surface area contributed by atoms with Crippen molar-refractivity contribution in [3.05, 3.63) is 0 Å². The molecular weight excluding hydrogens is 158 g/mol. The van der Waals surface area contributed by atoms with Crippen LogP contribution in [0.3, 0.4) is 0 Å². The molecule has 1 atom stereocenters. The summed E-state index contributed by atoms with van der Waals surface area (Å²) in [7, 11) is 1.33. The van der Waals surface area contributed by atoms with E-state index in [2.05, 4.69) is 4.74 Å². The quantitative estimate of drug-likeness (QED) is 0.541. The minimum atomic E-state index is -0.407. The molecule has 1 unspecified atom stereocenters. The molecule has 0 aromatic rings. The second kappa shape index (κ2) is 3.56. The van der Waals surface area contributed by atoms with Crippen molar-refractivity contribution in [3.8, 4) is 0 Å². The van der Waals surface area contributed by atoms with E-state index in [0.29, 0.717) is 6.42 Å². The van der Waals surface area contributed by atoms with Gasteiger partial charge in [-0.1, -0.05) is 0 Å². The maximum Gasteiger partial charge on any atom is 0.410 e. The van der Waals surface area contributed by atoms with Crippen LogP contribution in [0.4, 0.5) is 4.79 Å². The molecule has 0 aliphatic carbocycles. The van der Waals surface area contributed by atoms with Crippen LogP contribution in [0.5, 0.6) is 0 Å². The second-order valence-corrected chi connectivity index (χ2v) is 3.02. The van der Waals surface area contributed by atoms with Crippen molar-refractivity contribution in [1.29, 1.82) is 0 Å². The van der Waals surface area contributed by atoms with E-state index in [1.807, 2.05) is 6.92 Å². The van der Waals surface area contributed by atoms with Crippen molar-refractivity contribution < 1.29 is 14.3 Å². The molecule has 0 bridgehead atoms. The van der Waals surface area contributed by atoms with Gasteiger partial charge in [-0.15, -0.1) is 0 Å². The van der Waals surface area contributed by atoms with Crippen LogP contribution in [-0.2, 0) is 9.53 Å². The molecule has 1 aliphatic heterocycles. The summed E-state index contributed by atoms with van der Waals surface area (Å²) in [4.78, 5) is 23.5. The van der Waals surface area contributed by atoms with E-state index in [-0.39, 0.29) is 18.4 Å². The van der Waals surface area contributed by atoms with Gasteiger partial charge in [0.2, 0.25) is 0 Å². The molecule has 12 heavy (non-hydrogen) atoms. The number of ketones is 1.